The molecule has 0 aromatic heterocycles. The Bertz CT molecular complexity index is 848. The van der Waals surface area contributed by atoms with Gasteiger partial charge in [0.05, 0.1) is 4.90 Å². The van der Waals surface area contributed by atoms with Crippen LogP contribution in [0.15, 0.2) is 29.2 Å². The zero-order chi connectivity index (χ0) is 18.9. The van der Waals surface area contributed by atoms with E-state index in [1.54, 1.807) is 12.1 Å². The first-order chi connectivity index (χ1) is 12.3. The Labute approximate surface area is 151 Å². The van der Waals surface area contributed by atoms with E-state index in [-0.39, 0.29) is 11.4 Å². The fraction of sp³-hybridized carbons (Fsp3) is 0.438. The lowest BCUT2D eigenvalue weighted by Gasteiger charge is -2.17. The maximum absolute atomic E-state index is 12.6. The zero-order valence-corrected chi connectivity index (χ0v) is 15.2. The van der Waals surface area contributed by atoms with Gasteiger partial charge in [0.25, 0.3) is 5.91 Å². The van der Waals surface area contributed by atoms with Crippen molar-refractivity contribution in [3.8, 4) is 0 Å². The van der Waals surface area contributed by atoms with Crippen molar-refractivity contribution in [2.24, 2.45) is 0 Å². The lowest BCUT2D eigenvalue weighted by Crippen LogP contribution is -2.38. The third-order valence-corrected chi connectivity index (χ3v) is 6.25. The smallest absolute Gasteiger partial charge is 0.324 e. The number of carbonyl (C=O) groups is 3. The molecular formula is C16H20N4O5S. The first-order valence-corrected chi connectivity index (χ1v) is 9.68. The van der Waals surface area contributed by atoms with Gasteiger partial charge >= 0.3 is 6.03 Å². The highest BCUT2D eigenvalue weighted by Gasteiger charge is 2.34. The van der Waals surface area contributed by atoms with Gasteiger partial charge in [0.1, 0.15) is 13.1 Å². The van der Waals surface area contributed by atoms with E-state index in [9.17, 15) is 22.8 Å². The van der Waals surface area contributed by atoms with Crippen LogP contribution in [0.5, 0.6) is 0 Å². The molecule has 2 heterocycles. The van der Waals surface area contributed by atoms with Gasteiger partial charge in [0.2, 0.25) is 15.9 Å². The summed E-state index contributed by atoms with van der Waals surface area (Å²) >= 11 is 0. The average Bonchev–Trinajstić information content (AvgIpc) is 3.21. The molecule has 1 N–H and O–H groups in total. The summed E-state index contributed by atoms with van der Waals surface area (Å²) in [6, 6.07) is 5.42. The molecule has 4 amide bonds. The van der Waals surface area contributed by atoms with Gasteiger partial charge < -0.3 is 10.2 Å². The van der Waals surface area contributed by atoms with Crippen molar-refractivity contribution in [3.63, 3.8) is 0 Å². The van der Waals surface area contributed by atoms with Gasteiger partial charge in [-0.05, 0) is 31.0 Å². The number of likely N-dealkylation sites (N-methyl/N-ethyl adjacent to an activating group) is 1. The number of sulfonamides is 1. The summed E-state index contributed by atoms with van der Waals surface area (Å²) in [6.07, 6.45) is 1.67. The monoisotopic (exact) mass is 380 g/mol. The number of urea groups is 1. The van der Waals surface area contributed by atoms with Crippen molar-refractivity contribution in [1.82, 2.24) is 14.1 Å². The number of amides is 4. The summed E-state index contributed by atoms with van der Waals surface area (Å²) in [6.45, 7) is 0.512. The van der Waals surface area contributed by atoms with E-state index in [2.05, 4.69) is 5.32 Å². The van der Waals surface area contributed by atoms with E-state index in [1.165, 1.54) is 28.4 Å². The molecular weight excluding hydrogens is 360 g/mol. The van der Waals surface area contributed by atoms with Crippen LogP contribution in [0.4, 0.5) is 10.5 Å². The second kappa shape index (κ2) is 7.04. The molecule has 0 radical (unpaired) electrons. The van der Waals surface area contributed by atoms with Crippen molar-refractivity contribution < 1.29 is 22.8 Å². The Morgan fingerprint density at radius 2 is 1.88 bits per heavy atom. The van der Waals surface area contributed by atoms with Crippen molar-refractivity contribution in [3.05, 3.63) is 24.3 Å². The van der Waals surface area contributed by atoms with Crippen molar-refractivity contribution >= 4 is 33.6 Å². The minimum absolute atomic E-state index is 0.0598. The summed E-state index contributed by atoms with van der Waals surface area (Å²) < 4.78 is 26.6. The molecule has 0 aliphatic carbocycles. The topological polar surface area (TPSA) is 107 Å². The summed E-state index contributed by atoms with van der Waals surface area (Å²) in [5, 5.41) is 2.54. The maximum Gasteiger partial charge on any atom is 0.327 e. The largest absolute Gasteiger partial charge is 0.327 e. The van der Waals surface area contributed by atoms with Crippen LogP contribution < -0.4 is 5.32 Å². The molecule has 26 heavy (non-hydrogen) atoms. The van der Waals surface area contributed by atoms with Crippen LogP contribution in [0, 0.1) is 0 Å². The third-order valence-electron chi connectivity index (χ3n) is 4.35. The zero-order valence-electron chi connectivity index (χ0n) is 14.3. The molecule has 140 valence electrons. The van der Waals surface area contributed by atoms with E-state index in [0.717, 1.165) is 17.7 Å². The Balaban J connectivity index is 1.70. The summed E-state index contributed by atoms with van der Waals surface area (Å²) in [7, 11) is -2.11. The molecule has 2 aliphatic heterocycles. The Morgan fingerprint density at radius 1 is 1.19 bits per heavy atom. The Morgan fingerprint density at radius 3 is 2.50 bits per heavy atom. The Kier molecular flexibility index (Phi) is 4.97. The standard InChI is InChI=1S/C16H20N4O5S/c1-18-11-15(22)20(16(18)23)10-14(21)17-12-5-4-6-13(9-12)26(24,25)19-7-2-3-8-19/h4-6,9H,2-3,7-8,10-11H2,1H3,(H,17,21). The van der Waals surface area contributed by atoms with Gasteiger partial charge in [0, 0.05) is 25.8 Å². The fourth-order valence-corrected chi connectivity index (χ4v) is 4.54. The SMILES string of the molecule is CN1CC(=O)N(CC(=O)Nc2cccc(S(=O)(=O)N3CCCC3)c2)C1=O. The molecule has 2 fully saturated rings. The van der Waals surface area contributed by atoms with E-state index in [4.69, 9.17) is 0 Å². The highest BCUT2D eigenvalue weighted by molar-refractivity contribution is 7.89. The van der Waals surface area contributed by atoms with Crippen LogP contribution in [-0.2, 0) is 19.6 Å². The molecule has 0 spiro atoms. The highest BCUT2D eigenvalue weighted by atomic mass is 32.2. The van der Waals surface area contributed by atoms with E-state index in [0.29, 0.717) is 18.8 Å². The number of anilines is 1. The maximum atomic E-state index is 12.6. The second-order valence-corrected chi connectivity index (χ2v) is 8.24. The van der Waals surface area contributed by atoms with Gasteiger partial charge in [-0.3, -0.25) is 14.5 Å². The number of hydrogen-bond acceptors (Lipinski definition) is 5. The quantitative estimate of drug-likeness (QED) is 0.740. The molecule has 3 rings (SSSR count). The number of imide groups is 1. The van der Waals surface area contributed by atoms with E-state index >= 15 is 0 Å². The lowest BCUT2D eigenvalue weighted by molar-refractivity contribution is -0.129. The number of benzene rings is 1. The number of nitrogens with zero attached hydrogens (tertiary/aromatic N) is 3. The molecule has 9 nitrogen and oxygen atoms in total. The number of nitrogens with one attached hydrogen (secondary N) is 1. The predicted molar refractivity (Wildman–Crippen MR) is 92.8 cm³/mol. The molecule has 1 aromatic rings. The van der Waals surface area contributed by atoms with Crippen LogP contribution in [0.2, 0.25) is 0 Å². The van der Waals surface area contributed by atoms with Crippen LogP contribution in [0.3, 0.4) is 0 Å². The molecule has 2 saturated heterocycles. The molecule has 10 heteroatoms. The third kappa shape index (κ3) is 3.56. The first kappa shape index (κ1) is 18.3. The first-order valence-electron chi connectivity index (χ1n) is 8.24. The van der Waals surface area contributed by atoms with Crippen LogP contribution in [0.25, 0.3) is 0 Å². The van der Waals surface area contributed by atoms with Crippen molar-refractivity contribution in [2.45, 2.75) is 17.7 Å². The molecule has 0 atom stereocenters. The minimum Gasteiger partial charge on any atom is -0.324 e. The van der Waals surface area contributed by atoms with Crippen LogP contribution in [-0.4, -0.2) is 73.6 Å². The van der Waals surface area contributed by atoms with Crippen molar-refractivity contribution in [1.29, 1.82) is 0 Å². The van der Waals surface area contributed by atoms with Gasteiger partial charge in [0.15, 0.2) is 0 Å². The highest BCUT2D eigenvalue weighted by Crippen LogP contribution is 2.23. The van der Waals surface area contributed by atoms with Gasteiger partial charge in [-0.25, -0.2) is 13.2 Å². The molecule has 0 unspecified atom stereocenters. The van der Waals surface area contributed by atoms with Crippen LogP contribution in [0.1, 0.15) is 12.8 Å². The van der Waals surface area contributed by atoms with Gasteiger partial charge in [-0.15, -0.1) is 0 Å². The number of rotatable bonds is 5. The molecule has 1 aromatic carbocycles. The number of hydrogen-bond donors (Lipinski definition) is 1. The number of carbonyl (C=O) groups excluding carboxylic acids is 3. The Hall–Kier alpha value is -2.46. The van der Waals surface area contributed by atoms with Gasteiger partial charge in [-0.1, -0.05) is 6.07 Å². The van der Waals surface area contributed by atoms with E-state index < -0.39 is 34.4 Å². The van der Waals surface area contributed by atoms with Gasteiger partial charge in [-0.2, -0.15) is 4.31 Å². The predicted octanol–water partition coefficient (Wildman–Crippen LogP) is 0.304. The molecule has 2 aliphatic rings. The molecule has 0 saturated carbocycles. The normalized spacial score (nSPS) is 18.7. The van der Waals surface area contributed by atoms with Crippen molar-refractivity contribution in [2.75, 3.05) is 38.5 Å². The summed E-state index contributed by atoms with van der Waals surface area (Å²) in [5.74, 6) is -1.02. The van der Waals surface area contributed by atoms with E-state index in [1.807, 2.05) is 0 Å². The average molecular weight is 380 g/mol. The minimum atomic E-state index is -3.59. The fourth-order valence-electron chi connectivity index (χ4n) is 2.98. The molecule has 0 bridgehead atoms. The van der Waals surface area contributed by atoms with Crippen LogP contribution >= 0.6 is 0 Å². The lowest BCUT2D eigenvalue weighted by atomic mass is 10.3. The second-order valence-electron chi connectivity index (χ2n) is 6.31. The summed E-state index contributed by atoms with van der Waals surface area (Å²) in [5.41, 5.74) is 0.294. The summed E-state index contributed by atoms with van der Waals surface area (Å²) in [4.78, 5) is 37.8.